The second-order valence-electron chi connectivity index (χ2n) is 6.84. The predicted octanol–water partition coefficient (Wildman–Crippen LogP) is 6.01. The number of benzene rings is 2. The molecule has 4 N–H and O–H groups in total. The van der Waals surface area contributed by atoms with E-state index in [1.807, 2.05) is 19.1 Å². The maximum absolute atomic E-state index is 5.56. The maximum Gasteiger partial charge on any atom is 0.0694 e. The number of fused-ring (bicyclic) bond motifs is 1. The zero-order valence-corrected chi connectivity index (χ0v) is 16.3. The van der Waals surface area contributed by atoms with Crippen LogP contribution in [0, 0.1) is 0 Å². The molecule has 0 atom stereocenters. The molecule has 2 aromatic carbocycles. The minimum Gasteiger partial charge on any atom is -0.405 e. The molecule has 0 radical (unpaired) electrons. The number of anilines is 1. The van der Waals surface area contributed by atoms with Gasteiger partial charge in [0, 0.05) is 17.6 Å². The van der Waals surface area contributed by atoms with E-state index in [2.05, 4.69) is 65.8 Å². The Hall–Kier alpha value is -2.94. The summed E-state index contributed by atoms with van der Waals surface area (Å²) in [6, 6.07) is 17.3. The minimum absolute atomic E-state index is 0.746. The van der Waals surface area contributed by atoms with E-state index < -0.39 is 0 Å². The van der Waals surface area contributed by atoms with Gasteiger partial charge >= 0.3 is 0 Å². The van der Waals surface area contributed by atoms with Gasteiger partial charge in [0.05, 0.1) is 11.2 Å². The molecular formula is C24H29N3. The quantitative estimate of drug-likeness (QED) is 0.431. The highest BCUT2D eigenvalue weighted by Gasteiger charge is 2.10. The molecule has 3 nitrogen and oxygen atoms in total. The summed E-state index contributed by atoms with van der Waals surface area (Å²) in [5.74, 6) is 0. The highest BCUT2D eigenvalue weighted by molar-refractivity contribution is 5.95. The van der Waals surface area contributed by atoms with Gasteiger partial charge in [0.15, 0.2) is 0 Å². The third kappa shape index (κ3) is 4.62. The van der Waals surface area contributed by atoms with Gasteiger partial charge in [-0.1, -0.05) is 49.8 Å². The standard InChI is InChI=1S/C24H29N3/c1-3-5-9-19-14-21-16-22(20-10-7-6-8-11-20)27-24(21)23(15-19)26-17-18(4-2)12-13-25/h4,6-8,10-16,26-27H,3,5,9,17,25H2,1-2H3/b13-12-,18-4+. The fourth-order valence-corrected chi connectivity index (χ4v) is 3.32. The maximum atomic E-state index is 5.56. The molecule has 0 aliphatic heterocycles. The Kier molecular flexibility index (Phi) is 6.37. The average molecular weight is 360 g/mol. The number of aromatic nitrogens is 1. The Labute approximate surface area is 162 Å². The van der Waals surface area contributed by atoms with Crippen LogP contribution in [0.3, 0.4) is 0 Å². The molecule has 0 saturated carbocycles. The van der Waals surface area contributed by atoms with Crippen LogP contribution in [0.4, 0.5) is 5.69 Å². The van der Waals surface area contributed by atoms with Gasteiger partial charge in [-0.05, 0) is 66.9 Å². The molecule has 3 heteroatoms. The molecule has 0 spiro atoms. The molecule has 1 heterocycles. The lowest BCUT2D eigenvalue weighted by atomic mass is 10.0. The zero-order chi connectivity index (χ0) is 19.1. The van der Waals surface area contributed by atoms with Crippen LogP contribution in [0.2, 0.25) is 0 Å². The van der Waals surface area contributed by atoms with Gasteiger partial charge < -0.3 is 16.0 Å². The summed E-state index contributed by atoms with van der Waals surface area (Å²) in [5.41, 5.74) is 12.7. The van der Waals surface area contributed by atoms with Crippen molar-refractivity contribution in [2.45, 2.75) is 33.1 Å². The van der Waals surface area contributed by atoms with Gasteiger partial charge in [0.25, 0.3) is 0 Å². The van der Waals surface area contributed by atoms with Crippen molar-refractivity contribution in [2.24, 2.45) is 5.73 Å². The molecule has 0 saturated heterocycles. The summed E-state index contributed by atoms with van der Waals surface area (Å²) < 4.78 is 0. The van der Waals surface area contributed by atoms with Gasteiger partial charge in [-0.2, -0.15) is 0 Å². The molecule has 0 aliphatic rings. The number of aromatic amines is 1. The molecule has 1 aromatic heterocycles. The monoisotopic (exact) mass is 359 g/mol. The Morgan fingerprint density at radius 2 is 1.96 bits per heavy atom. The van der Waals surface area contributed by atoms with Gasteiger partial charge in [-0.25, -0.2) is 0 Å². The molecule has 3 aromatic rings. The van der Waals surface area contributed by atoms with Gasteiger partial charge in [-0.15, -0.1) is 0 Å². The predicted molar refractivity (Wildman–Crippen MR) is 118 cm³/mol. The van der Waals surface area contributed by atoms with Crippen molar-refractivity contribution in [2.75, 3.05) is 11.9 Å². The molecule has 0 fully saturated rings. The van der Waals surface area contributed by atoms with Crippen LogP contribution in [-0.2, 0) is 6.42 Å². The van der Waals surface area contributed by atoms with Crippen LogP contribution in [0.15, 0.2) is 72.5 Å². The molecule has 140 valence electrons. The number of aryl methyl sites for hydroxylation is 1. The second kappa shape index (κ2) is 9.13. The van der Waals surface area contributed by atoms with E-state index >= 15 is 0 Å². The number of unbranched alkanes of at least 4 members (excludes halogenated alkanes) is 1. The summed E-state index contributed by atoms with van der Waals surface area (Å²) in [6.45, 7) is 5.02. The smallest absolute Gasteiger partial charge is 0.0694 e. The number of H-pyrrole nitrogens is 1. The van der Waals surface area contributed by atoms with Crippen LogP contribution in [0.1, 0.15) is 32.3 Å². The van der Waals surface area contributed by atoms with E-state index in [0.29, 0.717) is 0 Å². The van der Waals surface area contributed by atoms with E-state index in [1.165, 1.54) is 34.9 Å². The largest absolute Gasteiger partial charge is 0.405 e. The molecule has 0 bridgehead atoms. The average Bonchev–Trinajstić information content (AvgIpc) is 3.14. The lowest BCUT2D eigenvalue weighted by molar-refractivity contribution is 0.796. The molecule has 3 rings (SSSR count). The zero-order valence-electron chi connectivity index (χ0n) is 16.3. The lowest BCUT2D eigenvalue weighted by Crippen LogP contribution is -2.05. The fourth-order valence-electron chi connectivity index (χ4n) is 3.32. The Morgan fingerprint density at radius 3 is 2.67 bits per heavy atom. The number of hydrogen-bond acceptors (Lipinski definition) is 2. The number of nitrogens with two attached hydrogens (primary N) is 1. The van der Waals surface area contributed by atoms with Crippen molar-refractivity contribution in [3.05, 3.63) is 78.0 Å². The first-order valence-electron chi connectivity index (χ1n) is 9.73. The fraction of sp³-hybridized carbons (Fsp3) is 0.250. The third-order valence-electron chi connectivity index (χ3n) is 4.86. The van der Waals surface area contributed by atoms with Crippen molar-refractivity contribution in [1.29, 1.82) is 0 Å². The third-order valence-corrected chi connectivity index (χ3v) is 4.86. The van der Waals surface area contributed by atoms with E-state index in [9.17, 15) is 0 Å². The summed E-state index contributed by atoms with van der Waals surface area (Å²) in [7, 11) is 0. The molecule has 27 heavy (non-hydrogen) atoms. The van der Waals surface area contributed by atoms with Crippen LogP contribution in [-0.4, -0.2) is 11.5 Å². The minimum atomic E-state index is 0.746. The number of rotatable bonds is 8. The van der Waals surface area contributed by atoms with Crippen molar-refractivity contribution < 1.29 is 0 Å². The Balaban J connectivity index is 1.99. The SMILES string of the molecule is C/C=C(\C=C/N)CNc1cc(CCCC)cc2cc(-c3ccccc3)[nH]c12. The second-order valence-corrected chi connectivity index (χ2v) is 6.84. The summed E-state index contributed by atoms with van der Waals surface area (Å²) >= 11 is 0. The van der Waals surface area contributed by atoms with E-state index in [0.717, 1.165) is 29.9 Å². The first-order valence-corrected chi connectivity index (χ1v) is 9.73. The molecule has 0 unspecified atom stereocenters. The molecular weight excluding hydrogens is 330 g/mol. The first-order chi connectivity index (χ1) is 13.2. The number of nitrogens with one attached hydrogen (secondary N) is 2. The van der Waals surface area contributed by atoms with Crippen LogP contribution in [0.5, 0.6) is 0 Å². The lowest BCUT2D eigenvalue weighted by Gasteiger charge is -2.11. The molecule has 0 amide bonds. The van der Waals surface area contributed by atoms with Crippen molar-refractivity contribution in [3.63, 3.8) is 0 Å². The summed E-state index contributed by atoms with van der Waals surface area (Å²) in [5, 5.41) is 4.85. The van der Waals surface area contributed by atoms with Crippen molar-refractivity contribution in [3.8, 4) is 11.3 Å². The van der Waals surface area contributed by atoms with Gasteiger partial charge in [0.1, 0.15) is 0 Å². The van der Waals surface area contributed by atoms with Crippen LogP contribution >= 0.6 is 0 Å². The van der Waals surface area contributed by atoms with Gasteiger partial charge in [0.2, 0.25) is 0 Å². The highest BCUT2D eigenvalue weighted by atomic mass is 14.9. The van der Waals surface area contributed by atoms with Crippen molar-refractivity contribution >= 4 is 16.6 Å². The normalized spacial score (nSPS) is 12.1. The van der Waals surface area contributed by atoms with Crippen LogP contribution in [0.25, 0.3) is 22.2 Å². The Bertz CT molecular complexity index is 933. The summed E-state index contributed by atoms with van der Waals surface area (Å²) in [6.07, 6.45) is 9.12. The van der Waals surface area contributed by atoms with E-state index in [-0.39, 0.29) is 0 Å². The van der Waals surface area contributed by atoms with E-state index in [4.69, 9.17) is 5.73 Å². The van der Waals surface area contributed by atoms with E-state index in [1.54, 1.807) is 6.20 Å². The van der Waals surface area contributed by atoms with Gasteiger partial charge in [-0.3, -0.25) is 0 Å². The number of hydrogen-bond donors (Lipinski definition) is 3. The van der Waals surface area contributed by atoms with Crippen LogP contribution < -0.4 is 11.1 Å². The summed E-state index contributed by atoms with van der Waals surface area (Å²) in [4.78, 5) is 3.61. The Morgan fingerprint density at radius 1 is 1.15 bits per heavy atom. The van der Waals surface area contributed by atoms with Crippen molar-refractivity contribution in [1.82, 2.24) is 4.98 Å². The number of allylic oxidation sites excluding steroid dienone is 1. The first kappa shape index (κ1) is 18.8. The molecule has 0 aliphatic carbocycles. The topological polar surface area (TPSA) is 53.8 Å². The highest BCUT2D eigenvalue weighted by Crippen LogP contribution is 2.31.